The van der Waals surface area contributed by atoms with Crippen molar-refractivity contribution in [2.45, 2.75) is 51.6 Å². The van der Waals surface area contributed by atoms with Gasteiger partial charge in [0.2, 0.25) is 0 Å². The highest BCUT2D eigenvalue weighted by molar-refractivity contribution is 7.90. The van der Waals surface area contributed by atoms with Crippen molar-refractivity contribution in [2.24, 2.45) is 5.41 Å². The van der Waals surface area contributed by atoms with Crippen LogP contribution in [0.3, 0.4) is 0 Å². The Morgan fingerprint density at radius 1 is 1.18 bits per heavy atom. The molecule has 2 aromatic rings. The summed E-state index contributed by atoms with van der Waals surface area (Å²) in [4.78, 5) is 26.3. The summed E-state index contributed by atoms with van der Waals surface area (Å²) in [6.07, 6.45) is 0. The lowest BCUT2D eigenvalue weighted by Crippen LogP contribution is -2.36. The second-order valence-electron chi connectivity index (χ2n) is 8.20. The molecule has 8 heteroatoms. The highest BCUT2D eigenvalue weighted by atomic mass is 32.2. The fourth-order valence-electron chi connectivity index (χ4n) is 3.28. The third-order valence-corrected chi connectivity index (χ3v) is 7.59. The Balaban J connectivity index is 1.96. The first-order valence-electron chi connectivity index (χ1n) is 9.01. The monoisotopic (exact) mass is 420 g/mol. The molecule has 28 heavy (non-hydrogen) atoms. The maximum atomic E-state index is 12.9. The van der Waals surface area contributed by atoms with Crippen molar-refractivity contribution in [1.29, 1.82) is 0 Å². The highest BCUT2D eigenvalue weighted by Crippen LogP contribution is 2.36. The molecule has 1 aromatic heterocycles. The first-order chi connectivity index (χ1) is 12.9. The molecule has 0 bridgehead atoms. The van der Waals surface area contributed by atoms with Crippen LogP contribution in [0.4, 0.5) is 0 Å². The van der Waals surface area contributed by atoms with E-state index >= 15 is 0 Å². The van der Waals surface area contributed by atoms with Crippen LogP contribution in [0.2, 0.25) is 0 Å². The molecule has 0 radical (unpaired) electrons. The molecular weight excluding hydrogens is 396 g/mol. The van der Waals surface area contributed by atoms with E-state index in [0.717, 1.165) is 9.18 Å². The highest BCUT2D eigenvalue weighted by Gasteiger charge is 2.43. The summed E-state index contributed by atoms with van der Waals surface area (Å²) >= 11 is 1.56. The van der Waals surface area contributed by atoms with E-state index in [4.69, 9.17) is 0 Å². The number of sulfonamides is 1. The molecule has 1 aliphatic heterocycles. The van der Waals surface area contributed by atoms with Crippen molar-refractivity contribution in [2.75, 3.05) is 0 Å². The Morgan fingerprint density at radius 2 is 1.86 bits per heavy atom. The molecule has 1 atom stereocenters. The van der Waals surface area contributed by atoms with E-state index in [-0.39, 0.29) is 33.4 Å². The van der Waals surface area contributed by atoms with Crippen molar-refractivity contribution < 1.29 is 18.0 Å². The van der Waals surface area contributed by atoms with Gasteiger partial charge in [0.25, 0.3) is 21.8 Å². The lowest BCUT2D eigenvalue weighted by molar-refractivity contribution is 0.0844. The predicted molar refractivity (Wildman–Crippen MR) is 109 cm³/mol. The predicted octanol–water partition coefficient (Wildman–Crippen LogP) is 3.82. The van der Waals surface area contributed by atoms with Crippen LogP contribution in [-0.4, -0.2) is 30.6 Å². The zero-order valence-electron chi connectivity index (χ0n) is 16.5. The molecule has 1 unspecified atom stereocenters. The van der Waals surface area contributed by atoms with Crippen LogP contribution < -0.4 is 5.32 Å². The number of rotatable bonds is 4. The number of nitrogens with zero attached hydrogens (tertiary/aromatic N) is 1. The molecule has 0 fully saturated rings. The molecule has 150 valence electrons. The number of hydrogen-bond donors (Lipinski definition) is 1. The smallest absolute Gasteiger partial charge is 0.269 e. The van der Waals surface area contributed by atoms with Crippen LogP contribution in [-0.2, 0) is 10.0 Å². The van der Waals surface area contributed by atoms with Gasteiger partial charge in [-0.2, -0.15) is 0 Å². The summed E-state index contributed by atoms with van der Waals surface area (Å²) in [6.45, 7) is 9.38. The van der Waals surface area contributed by atoms with Gasteiger partial charge in [-0.3, -0.25) is 9.59 Å². The van der Waals surface area contributed by atoms with Gasteiger partial charge in [-0.1, -0.05) is 26.8 Å². The summed E-state index contributed by atoms with van der Waals surface area (Å²) in [7, 11) is -3.95. The van der Waals surface area contributed by atoms with Crippen molar-refractivity contribution in [3.8, 4) is 0 Å². The van der Waals surface area contributed by atoms with Gasteiger partial charge in [-0.25, -0.2) is 12.7 Å². The van der Waals surface area contributed by atoms with Crippen LogP contribution in [0, 0.1) is 5.41 Å². The Hall–Kier alpha value is -2.19. The lowest BCUT2D eigenvalue weighted by atomic mass is 9.85. The standard InChI is InChI=1S/C20H24N2O4S2/c1-12(2)22-19(24)14-9-8-13(11-16(14)28(22,25)26)18(23)21-17(20(3,4)5)15-7-6-10-27-15/h6-12,17H,1-5H3,(H,21,23). The van der Waals surface area contributed by atoms with Crippen molar-refractivity contribution in [3.63, 3.8) is 0 Å². The van der Waals surface area contributed by atoms with Crippen LogP contribution in [0.5, 0.6) is 0 Å². The van der Waals surface area contributed by atoms with Crippen LogP contribution in [0.25, 0.3) is 0 Å². The zero-order chi connectivity index (χ0) is 20.9. The Morgan fingerprint density at radius 3 is 2.39 bits per heavy atom. The van der Waals surface area contributed by atoms with E-state index in [1.165, 1.54) is 18.2 Å². The number of amides is 2. The molecule has 0 saturated heterocycles. The molecule has 6 nitrogen and oxygen atoms in total. The number of carbonyl (C=O) groups is 2. The average Bonchev–Trinajstić information content (AvgIpc) is 3.17. The number of fused-ring (bicyclic) bond motifs is 1. The van der Waals surface area contributed by atoms with E-state index < -0.39 is 22.0 Å². The summed E-state index contributed by atoms with van der Waals surface area (Å²) in [5, 5.41) is 4.97. The maximum absolute atomic E-state index is 12.9. The van der Waals surface area contributed by atoms with Gasteiger partial charge in [-0.05, 0) is 48.9 Å². The Bertz CT molecular complexity index is 1020. The summed E-state index contributed by atoms with van der Waals surface area (Å²) < 4.78 is 26.4. The first kappa shape index (κ1) is 20.5. The van der Waals surface area contributed by atoms with Gasteiger partial charge >= 0.3 is 0 Å². The quantitative estimate of drug-likeness (QED) is 0.815. The SMILES string of the molecule is CC(C)N1C(=O)c2ccc(C(=O)NC(c3cccs3)C(C)(C)C)cc2S1(=O)=O. The van der Waals surface area contributed by atoms with Gasteiger partial charge in [0, 0.05) is 16.5 Å². The van der Waals surface area contributed by atoms with Gasteiger partial charge in [0.15, 0.2) is 0 Å². The lowest BCUT2D eigenvalue weighted by Gasteiger charge is -2.30. The topological polar surface area (TPSA) is 83.6 Å². The summed E-state index contributed by atoms with van der Waals surface area (Å²) in [5.41, 5.74) is 0.0932. The largest absolute Gasteiger partial charge is 0.344 e. The van der Waals surface area contributed by atoms with E-state index in [9.17, 15) is 18.0 Å². The molecule has 2 amide bonds. The minimum Gasteiger partial charge on any atom is -0.344 e. The van der Waals surface area contributed by atoms with E-state index in [1.54, 1.807) is 25.2 Å². The van der Waals surface area contributed by atoms with Gasteiger partial charge in [0.05, 0.1) is 11.6 Å². The van der Waals surface area contributed by atoms with Gasteiger partial charge < -0.3 is 5.32 Å². The van der Waals surface area contributed by atoms with Gasteiger partial charge in [0.1, 0.15) is 4.90 Å². The second-order valence-corrected chi connectivity index (χ2v) is 11.0. The van der Waals surface area contributed by atoms with Crippen molar-refractivity contribution >= 4 is 33.2 Å². The third-order valence-electron chi connectivity index (χ3n) is 4.65. The molecule has 1 aromatic carbocycles. The minimum absolute atomic E-state index is 0.107. The van der Waals surface area contributed by atoms with E-state index in [1.807, 2.05) is 38.3 Å². The normalized spacial score (nSPS) is 16.9. The second kappa shape index (κ2) is 7.00. The fraction of sp³-hybridized carbons (Fsp3) is 0.400. The molecule has 3 rings (SSSR count). The summed E-state index contributed by atoms with van der Waals surface area (Å²) in [6, 6.07) is 7.40. The van der Waals surface area contributed by atoms with Crippen molar-refractivity contribution in [3.05, 3.63) is 51.7 Å². The third kappa shape index (κ3) is 3.46. The fourth-order valence-corrected chi connectivity index (χ4v) is 6.10. The Labute approximate surface area is 169 Å². The Kier molecular flexibility index (Phi) is 5.14. The maximum Gasteiger partial charge on any atom is 0.269 e. The van der Waals surface area contributed by atoms with Crippen LogP contribution >= 0.6 is 11.3 Å². The molecule has 0 saturated carbocycles. The zero-order valence-corrected chi connectivity index (χ0v) is 18.1. The van der Waals surface area contributed by atoms with Crippen molar-refractivity contribution in [1.82, 2.24) is 9.62 Å². The first-order valence-corrected chi connectivity index (χ1v) is 11.3. The number of thiophene rings is 1. The number of benzene rings is 1. The molecule has 1 aliphatic rings. The molecule has 2 heterocycles. The molecule has 1 N–H and O–H groups in total. The van der Waals surface area contributed by atoms with Gasteiger partial charge in [-0.15, -0.1) is 11.3 Å². The molecule has 0 spiro atoms. The number of carbonyl (C=O) groups excluding carboxylic acids is 2. The van der Waals surface area contributed by atoms with E-state index in [2.05, 4.69) is 5.32 Å². The summed E-state index contributed by atoms with van der Waals surface area (Å²) in [5.74, 6) is -0.926. The molecule has 0 aliphatic carbocycles. The average molecular weight is 421 g/mol. The minimum atomic E-state index is -3.95. The number of nitrogens with one attached hydrogen (secondary N) is 1. The van der Waals surface area contributed by atoms with E-state index in [0.29, 0.717) is 0 Å². The number of hydrogen-bond acceptors (Lipinski definition) is 5. The van der Waals surface area contributed by atoms with Crippen LogP contribution in [0.15, 0.2) is 40.6 Å². The molecular formula is C20H24N2O4S2. The van der Waals surface area contributed by atoms with Crippen LogP contribution in [0.1, 0.15) is 66.3 Å².